The highest BCUT2D eigenvalue weighted by molar-refractivity contribution is 5.83. The van der Waals surface area contributed by atoms with Crippen LogP contribution < -0.4 is 9.80 Å². The van der Waals surface area contributed by atoms with E-state index >= 15 is 0 Å². The molecule has 2 heteroatoms. The largest absolute Gasteiger partial charge is 0.310 e. The zero-order valence-electron chi connectivity index (χ0n) is 35.5. The molecule has 8 rings (SSSR count). The molecular formula is C58H52N2. The second-order valence-corrected chi connectivity index (χ2v) is 16.0. The Morgan fingerprint density at radius 1 is 0.267 bits per heavy atom. The van der Waals surface area contributed by atoms with Gasteiger partial charge in [0, 0.05) is 34.1 Å². The van der Waals surface area contributed by atoms with Gasteiger partial charge in [0.05, 0.1) is 0 Å². The molecule has 8 aromatic rings. The molecule has 0 bridgehead atoms. The lowest BCUT2D eigenvalue weighted by Crippen LogP contribution is -2.11. The Labute approximate surface area is 357 Å². The van der Waals surface area contributed by atoms with Gasteiger partial charge in [0.15, 0.2) is 0 Å². The van der Waals surface area contributed by atoms with Crippen molar-refractivity contribution in [1.82, 2.24) is 0 Å². The first-order valence-electron chi connectivity index (χ1n) is 20.8. The molecule has 0 fully saturated rings. The lowest BCUT2D eigenvalue weighted by molar-refractivity contribution is 1.23. The molecule has 0 spiro atoms. The average Bonchev–Trinajstić information content (AvgIpc) is 3.26. The zero-order valence-corrected chi connectivity index (χ0v) is 35.5. The SMILES string of the molecule is Cc1ccc(C=Cc2ccc(N(c3ccc(-c4ccc(N(c5ccc(C=Cc6ccc(C)cc6)cc5)c5ccc(C)cc5C)cc4)cc3)c3ccc(C)cc3C)cc2)cc1. The van der Waals surface area contributed by atoms with E-state index in [-0.39, 0.29) is 0 Å². The van der Waals surface area contributed by atoms with Crippen molar-refractivity contribution in [3.05, 3.63) is 238 Å². The maximum Gasteiger partial charge on any atom is 0.0490 e. The molecule has 0 N–H and O–H groups in total. The van der Waals surface area contributed by atoms with E-state index in [1.807, 2.05) is 0 Å². The van der Waals surface area contributed by atoms with Crippen LogP contribution in [0.15, 0.2) is 182 Å². The first kappa shape index (κ1) is 39.7. The monoisotopic (exact) mass is 776 g/mol. The average molecular weight is 777 g/mol. The summed E-state index contributed by atoms with van der Waals surface area (Å²) in [5.74, 6) is 0. The van der Waals surface area contributed by atoms with Crippen LogP contribution in [0, 0.1) is 41.5 Å². The van der Waals surface area contributed by atoms with Gasteiger partial charge in [0.25, 0.3) is 0 Å². The Balaban J connectivity index is 1.06. The highest BCUT2D eigenvalue weighted by atomic mass is 15.1. The quantitative estimate of drug-likeness (QED) is 0.121. The van der Waals surface area contributed by atoms with Gasteiger partial charge in [-0.1, -0.05) is 168 Å². The van der Waals surface area contributed by atoms with Crippen molar-refractivity contribution < 1.29 is 0 Å². The Hall–Kier alpha value is -7.16. The van der Waals surface area contributed by atoms with Crippen LogP contribution in [-0.2, 0) is 0 Å². The van der Waals surface area contributed by atoms with Crippen molar-refractivity contribution in [1.29, 1.82) is 0 Å². The van der Waals surface area contributed by atoms with Crippen LogP contribution in [-0.4, -0.2) is 0 Å². The van der Waals surface area contributed by atoms with Crippen LogP contribution >= 0.6 is 0 Å². The van der Waals surface area contributed by atoms with Crippen LogP contribution in [0.1, 0.15) is 55.6 Å². The van der Waals surface area contributed by atoms with Crippen LogP contribution in [0.5, 0.6) is 0 Å². The van der Waals surface area contributed by atoms with Crippen molar-refractivity contribution in [3.63, 3.8) is 0 Å². The Morgan fingerprint density at radius 3 is 0.800 bits per heavy atom. The molecule has 0 aliphatic rings. The summed E-state index contributed by atoms with van der Waals surface area (Å²) in [6.07, 6.45) is 8.71. The van der Waals surface area contributed by atoms with E-state index in [1.54, 1.807) is 0 Å². The topological polar surface area (TPSA) is 6.48 Å². The molecular weight excluding hydrogens is 725 g/mol. The van der Waals surface area contributed by atoms with Gasteiger partial charge in [-0.2, -0.15) is 0 Å². The molecule has 0 unspecified atom stereocenters. The predicted octanol–water partition coefficient (Wildman–Crippen LogP) is 16.5. The number of hydrogen-bond acceptors (Lipinski definition) is 2. The molecule has 0 atom stereocenters. The first-order valence-corrected chi connectivity index (χ1v) is 20.8. The third-order valence-corrected chi connectivity index (χ3v) is 11.2. The van der Waals surface area contributed by atoms with E-state index in [0.29, 0.717) is 0 Å². The maximum atomic E-state index is 2.36. The van der Waals surface area contributed by atoms with Gasteiger partial charge in [0.1, 0.15) is 0 Å². The summed E-state index contributed by atoms with van der Waals surface area (Å²) >= 11 is 0. The first-order chi connectivity index (χ1) is 29.2. The number of benzene rings is 8. The molecule has 0 saturated carbocycles. The van der Waals surface area contributed by atoms with E-state index < -0.39 is 0 Å². The van der Waals surface area contributed by atoms with Crippen molar-refractivity contribution in [2.24, 2.45) is 0 Å². The minimum absolute atomic E-state index is 1.11. The molecule has 8 aromatic carbocycles. The highest BCUT2D eigenvalue weighted by Crippen LogP contribution is 2.40. The van der Waals surface area contributed by atoms with Crippen molar-refractivity contribution in [3.8, 4) is 11.1 Å². The maximum absolute atomic E-state index is 2.36. The van der Waals surface area contributed by atoms with Crippen LogP contribution in [0.25, 0.3) is 35.4 Å². The van der Waals surface area contributed by atoms with Crippen molar-refractivity contribution >= 4 is 58.4 Å². The number of aryl methyl sites for hydroxylation is 6. The second-order valence-electron chi connectivity index (χ2n) is 16.0. The number of anilines is 6. The smallest absolute Gasteiger partial charge is 0.0490 e. The third kappa shape index (κ3) is 9.25. The van der Waals surface area contributed by atoms with E-state index in [0.717, 1.165) is 33.9 Å². The normalized spacial score (nSPS) is 11.4. The summed E-state index contributed by atoms with van der Waals surface area (Å²) in [6.45, 7) is 12.9. The standard InChI is InChI=1S/C58H52N2/c1-41-7-13-47(14-8-41)17-19-49-21-29-53(30-22-49)59(57-37-11-43(3)39-45(57)5)55-33-25-51(26-34-55)52-27-35-56(36-28-52)60(58-38-12-44(4)40-46(58)6)54-31-23-50(24-32-54)20-18-48-15-9-42(2)10-16-48/h7-40H,1-6H3. The van der Waals surface area contributed by atoms with Crippen LogP contribution in [0.3, 0.4) is 0 Å². The molecule has 0 radical (unpaired) electrons. The van der Waals surface area contributed by atoms with Crippen molar-refractivity contribution in [2.75, 3.05) is 9.80 Å². The fourth-order valence-electron chi connectivity index (χ4n) is 7.78. The minimum atomic E-state index is 1.11. The summed E-state index contributed by atoms with van der Waals surface area (Å²) in [5.41, 5.74) is 21.4. The number of rotatable bonds is 11. The van der Waals surface area contributed by atoms with Crippen LogP contribution in [0.2, 0.25) is 0 Å². The number of hydrogen-bond donors (Lipinski definition) is 0. The molecule has 0 aromatic heterocycles. The van der Waals surface area contributed by atoms with Crippen molar-refractivity contribution in [2.45, 2.75) is 41.5 Å². The lowest BCUT2D eigenvalue weighted by Gasteiger charge is -2.28. The van der Waals surface area contributed by atoms with Gasteiger partial charge < -0.3 is 9.80 Å². The van der Waals surface area contributed by atoms with Gasteiger partial charge in [0.2, 0.25) is 0 Å². The van der Waals surface area contributed by atoms with Gasteiger partial charge >= 0.3 is 0 Å². The predicted molar refractivity (Wildman–Crippen MR) is 260 cm³/mol. The van der Waals surface area contributed by atoms with Gasteiger partial charge in [-0.3, -0.25) is 0 Å². The molecule has 0 heterocycles. The van der Waals surface area contributed by atoms with E-state index in [2.05, 4.69) is 258 Å². The summed E-state index contributed by atoms with van der Waals surface area (Å²) in [6, 6.07) is 66.2. The van der Waals surface area contributed by atoms with E-state index in [1.165, 1.54) is 67.0 Å². The Kier molecular flexibility index (Phi) is 11.7. The minimum Gasteiger partial charge on any atom is -0.310 e. The molecule has 0 aliphatic carbocycles. The Bertz CT molecular complexity index is 2560. The third-order valence-electron chi connectivity index (χ3n) is 11.2. The summed E-state index contributed by atoms with van der Waals surface area (Å²) < 4.78 is 0. The lowest BCUT2D eigenvalue weighted by atomic mass is 10.0. The number of nitrogens with zero attached hydrogens (tertiary/aromatic N) is 2. The fourth-order valence-corrected chi connectivity index (χ4v) is 7.78. The molecule has 294 valence electrons. The van der Waals surface area contributed by atoms with Gasteiger partial charge in [-0.15, -0.1) is 0 Å². The molecule has 0 amide bonds. The Morgan fingerprint density at radius 2 is 0.517 bits per heavy atom. The zero-order chi connectivity index (χ0) is 41.6. The summed E-state index contributed by atoms with van der Waals surface area (Å²) in [5, 5.41) is 0. The van der Waals surface area contributed by atoms with Gasteiger partial charge in [-0.25, -0.2) is 0 Å². The van der Waals surface area contributed by atoms with E-state index in [9.17, 15) is 0 Å². The summed E-state index contributed by atoms with van der Waals surface area (Å²) in [4.78, 5) is 4.72. The summed E-state index contributed by atoms with van der Waals surface area (Å²) in [7, 11) is 0. The molecule has 2 nitrogen and oxygen atoms in total. The fraction of sp³-hybridized carbons (Fsp3) is 0.103. The van der Waals surface area contributed by atoms with Gasteiger partial charge in [-0.05, 0) is 147 Å². The highest BCUT2D eigenvalue weighted by Gasteiger charge is 2.17. The van der Waals surface area contributed by atoms with E-state index in [4.69, 9.17) is 0 Å². The molecule has 60 heavy (non-hydrogen) atoms. The molecule has 0 saturated heterocycles. The van der Waals surface area contributed by atoms with Crippen LogP contribution in [0.4, 0.5) is 34.1 Å². The molecule has 0 aliphatic heterocycles. The second kappa shape index (κ2) is 17.8.